The first kappa shape index (κ1) is 12.2. The molecule has 0 fully saturated rings. The summed E-state index contributed by atoms with van der Waals surface area (Å²) < 4.78 is 0. The molecule has 22 heavy (non-hydrogen) atoms. The number of benzene rings is 3. The van der Waals surface area contributed by atoms with E-state index in [2.05, 4.69) is 62.4 Å². The van der Waals surface area contributed by atoms with Gasteiger partial charge in [-0.1, -0.05) is 54.1 Å². The molecule has 0 spiro atoms. The maximum atomic E-state index is 2.36. The highest BCUT2D eigenvalue weighted by molar-refractivity contribution is 5.87. The molecule has 106 valence electrons. The molecule has 0 saturated heterocycles. The summed E-state index contributed by atoms with van der Waals surface area (Å²) in [6, 6.07) is 18.2. The molecule has 0 aromatic heterocycles. The second-order valence-corrected chi connectivity index (χ2v) is 6.74. The Hall–Kier alpha value is -2.34. The van der Waals surface area contributed by atoms with Gasteiger partial charge < -0.3 is 0 Å². The van der Waals surface area contributed by atoms with Crippen LogP contribution < -0.4 is 0 Å². The third-order valence-corrected chi connectivity index (χ3v) is 5.37. The van der Waals surface area contributed by atoms with Crippen LogP contribution in [-0.2, 0) is 12.8 Å². The average molecular weight is 282 g/mol. The molecule has 2 aliphatic carbocycles. The van der Waals surface area contributed by atoms with Crippen LogP contribution in [-0.4, -0.2) is 0 Å². The zero-order valence-electron chi connectivity index (χ0n) is 13.0. The smallest absolute Gasteiger partial charge is 0.000774 e. The van der Waals surface area contributed by atoms with Crippen molar-refractivity contribution in [2.45, 2.75) is 26.7 Å². The van der Waals surface area contributed by atoms with Crippen molar-refractivity contribution in [3.05, 3.63) is 81.9 Å². The van der Waals surface area contributed by atoms with Crippen molar-refractivity contribution in [3.8, 4) is 22.3 Å². The van der Waals surface area contributed by atoms with Crippen LogP contribution in [0.1, 0.15) is 33.4 Å². The molecular weight excluding hydrogens is 264 g/mol. The van der Waals surface area contributed by atoms with E-state index in [-0.39, 0.29) is 0 Å². The summed E-state index contributed by atoms with van der Waals surface area (Å²) in [5.41, 5.74) is 14.8. The number of aryl methyl sites for hydroxylation is 2. The first-order valence-corrected chi connectivity index (χ1v) is 8.06. The number of hydrogen-bond acceptors (Lipinski definition) is 0. The monoisotopic (exact) mass is 282 g/mol. The molecule has 0 unspecified atom stereocenters. The molecule has 0 bridgehead atoms. The molecule has 0 heteroatoms. The zero-order chi connectivity index (χ0) is 14.8. The molecule has 0 aliphatic heterocycles. The fourth-order valence-corrected chi connectivity index (χ4v) is 4.38. The van der Waals surface area contributed by atoms with Gasteiger partial charge in [-0.3, -0.25) is 0 Å². The Morgan fingerprint density at radius 1 is 0.636 bits per heavy atom. The van der Waals surface area contributed by atoms with Gasteiger partial charge in [0.2, 0.25) is 0 Å². The molecule has 0 saturated carbocycles. The van der Waals surface area contributed by atoms with Crippen molar-refractivity contribution in [1.29, 1.82) is 0 Å². The van der Waals surface area contributed by atoms with E-state index in [9.17, 15) is 0 Å². The second kappa shape index (κ2) is 4.10. The lowest BCUT2D eigenvalue weighted by Gasteiger charge is -2.08. The molecule has 3 aromatic rings. The van der Waals surface area contributed by atoms with Gasteiger partial charge >= 0.3 is 0 Å². The molecule has 0 radical (unpaired) electrons. The van der Waals surface area contributed by atoms with Crippen LogP contribution in [0.25, 0.3) is 22.3 Å². The van der Waals surface area contributed by atoms with Gasteiger partial charge in [-0.05, 0) is 76.8 Å². The summed E-state index contributed by atoms with van der Waals surface area (Å²) in [6.45, 7) is 4.46. The lowest BCUT2D eigenvalue weighted by molar-refractivity contribution is 1.14. The molecule has 0 nitrogen and oxygen atoms in total. The van der Waals surface area contributed by atoms with Crippen molar-refractivity contribution in [3.63, 3.8) is 0 Å². The largest absolute Gasteiger partial charge is 0.0619 e. The SMILES string of the molecule is Cc1cc(C)c2c(c1)-c1ccc3c(c1C2)Cc1ccccc1-3. The van der Waals surface area contributed by atoms with E-state index in [1.54, 1.807) is 11.1 Å². The van der Waals surface area contributed by atoms with E-state index in [0.717, 1.165) is 12.8 Å². The van der Waals surface area contributed by atoms with Crippen molar-refractivity contribution in [2.75, 3.05) is 0 Å². The standard InChI is InChI=1S/C22H18/c1-13-9-14(2)19-12-22-18(20(19)10-13)8-7-17-16-6-4-3-5-15(16)11-21(17)22/h3-10H,11-12H2,1-2H3. The molecule has 5 rings (SSSR count). The van der Waals surface area contributed by atoms with E-state index in [1.165, 1.54) is 44.5 Å². The van der Waals surface area contributed by atoms with Crippen molar-refractivity contribution >= 4 is 0 Å². The van der Waals surface area contributed by atoms with Crippen LogP contribution in [0.5, 0.6) is 0 Å². The fourth-order valence-electron chi connectivity index (χ4n) is 4.38. The van der Waals surface area contributed by atoms with Gasteiger partial charge in [-0.2, -0.15) is 0 Å². The molecule has 0 heterocycles. The summed E-state index contributed by atoms with van der Waals surface area (Å²) in [6.07, 6.45) is 2.20. The summed E-state index contributed by atoms with van der Waals surface area (Å²) in [5, 5.41) is 0. The Morgan fingerprint density at radius 2 is 1.36 bits per heavy atom. The number of rotatable bonds is 0. The number of hydrogen-bond donors (Lipinski definition) is 0. The van der Waals surface area contributed by atoms with Gasteiger partial charge in [0.1, 0.15) is 0 Å². The Morgan fingerprint density at radius 3 is 2.23 bits per heavy atom. The van der Waals surface area contributed by atoms with Crippen molar-refractivity contribution < 1.29 is 0 Å². The van der Waals surface area contributed by atoms with Crippen LogP contribution in [0.2, 0.25) is 0 Å². The first-order chi connectivity index (χ1) is 10.7. The normalized spacial score (nSPS) is 13.5. The van der Waals surface area contributed by atoms with Crippen LogP contribution in [0.15, 0.2) is 48.5 Å². The van der Waals surface area contributed by atoms with Gasteiger partial charge in [0.05, 0.1) is 0 Å². The third-order valence-electron chi connectivity index (χ3n) is 5.37. The zero-order valence-corrected chi connectivity index (χ0v) is 13.0. The summed E-state index contributed by atoms with van der Waals surface area (Å²) in [5.74, 6) is 0. The maximum absolute atomic E-state index is 2.36. The van der Waals surface area contributed by atoms with Crippen molar-refractivity contribution in [2.24, 2.45) is 0 Å². The Labute approximate surface area is 131 Å². The third kappa shape index (κ3) is 1.47. The highest BCUT2D eigenvalue weighted by Gasteiger charge is 2.28. The topological polar surface area (TPSA) is 0 Å². The summed E-state index contributed by atoms with van der Waals surface area (Å²) in [4.78, 5) is 0. The van der Waals surface area contributed by atoms with Crippen LogP contribution in [0, 0.1) is 13.8 Å². The van der Waals surface area contributed by atoms with Gasteiger partial charge in [0.15, 0.2) is 0 Å². The minimum atomic E-state index is 1.10. The highest BCUT2D eigenvalue weighted by Crippen LogP contribution is 2.47. The Bertz CT molecular complexity index is 944. The van der Waals surface area contributed by atoms with Gasteiger partial charge in [0, 0.05) is 0 Å². The molecule has 0 atom stereocenters. The summed E-state index contributed by atoms with van der Waals surface area (Å²) in [7, 11) is 0. The predicted molar refractivity (Wildman–Crippen MR) is 92.4 cm³/mol. The second-order valence-electron chi connectivity index (χ2n) is 6.74. The predicted octanol–water partition coefficient (Wildman–Crippen LogP) is 5.45. The molecular formula is C22H18. The van der Waals surface area contributed by atoms with E-state index in [4.69, 9.17) is 0 Å². The van der Waals surface area contributed by atoms with Gasteiger partial charge in [-0.15, -0.1) is 0 Å². The van der Waals surface area contributed by atoms with Crippen LogP contribution in [0.4, 0.5) is 0 Å². The minimum Gasteiger partial charge on any atom is -0.0619 e. The minimum absolute atomic E-state index is 1.10. The van der Waals surface area contributed by atoms with Gasteiger partial charge in [0.25, 0.3) is 0 Å². The summed E-state index contributed by atoms with van der Waals surface area (Å²) >= 11 is 0. The lowest BCUT2D eigenvalue weighted by Crippen LogP contribution is -1.91. The molecule has 0 amide bonds. The lowest BCUT2D eigenvalue weighted by atomic mass is 9.96. The van der Waals surface area contributed by atoms with Crippen LogP contribution >= 0.6 is 0 Å². The maximum Gasteiger partial charge on any atom is -0.000774 e. The molecule has 0 N–H and O–H groups in total. The van der Waals surface area contributed by atoms with E-state index < -0.39 is 0 Å². The number of fused-ring (bicyclic) bond motifs is 7. The van der Waals surface area contributed by atoms with Crippen molar-refractivity contribution in [1.82, 2.24) is 0 Å². The molecule has 2 aliphatic rings. The Balaban J connectivity index is 1.77. The fraction of sp³-hybridized carbons (Fsp3) is 0.182. The van der Waals surface area contributed by atoms with E-state index in [0.29, 0.717) is 0 Å². The first-order valence-electron chi connectivity index (χ1n) is 8.06. The quantitative estimate of drug-likeness (QED) is 0.354. The highest BCUT2D eigenvalue weighted by atomic mass is 14.3. The average Bonchev–Trinajstić information content (AvgIpc) is 3.05. The molecule has 3 aromatic carbocycles. The van der Waals surface area contributed by atoms with Crippen LogP contribution in [0.3, 0.4) is 0 Å². The van der Waals surface area contributed by atoms with E-state index in [1.807, 2.05) is 0 Å². The Kier molecular flexibility index (Phi) is 2.28. The van der Waals surface area contributed by atoms with Gasteiger partial charge in [-0.25, -0.2) is 0 Å². The van der Waals surface area contributed by atoms with E-state index >= 15 is 0 Å².